The van der Waals surface area contributed by atoms with E-state index in [0.29, 0.717) is 11.4 Å². The number of sulfonamides is 1. The summed E-state index contributed by atoms with van der Waals surface area (Å²) in [5.41, 5.74) is 1.19. The first-order valence-electron chi connectivity index (χ1n) is 10.7. The number of benzene rings is 3. The third-order valence-corrected chi connectivity index (χ3v) is 7.10. The van der Waals surface area contributed by atoms with Gasteiger partial charge < -0.3 is 5.32 Å². The number of unbranched alkanes of at least 4 members (excludes halogenated alkanes) is 3. The maximum absolute atomic E-state index is 12.7. The molecule has 3 aromatic rings. The first kappa shape index (κ1) is 23.7. The Labute approximate surface area is 193 Å². The van der Waals surface area contributed by atoms with Crippen LogP contribution in [0, 0.1) is 0 Å². The van der Waals surface area contributed by atoms with Crippen LogP contribution in [0.15, 0.2) is 82.2 Å². The molecule has 2 N–H and O–H groups in total. The van der Waals surface area contributed by atoms with Gasteiger partial charge in [0.05, 0.1) is 4.90 Å². The van der Waals surface area contributed by atoms with E-state index in [4.69, 9.17) is 0 Å². The number of hydrogen-bond donors (Lipinski definition) is 2. The highest BCUT2D eigenvalue weighted by Gasteiger charge is 2.16. The fraction of sp³-hybridized carbons (Fsp3) is 0.280. The SMILES string of the molecule is O=S(=O)(NCCCCCCNC/C=C/c1ccc(Br)cc1)c1cccc2ccccc12. The van der Waals surface area contributed by atoms with Gasteiger partial charge in [0.1, 0.15) is 0 Å². The Kier molecular flexibility index (Phi) is 9.28. The standard InChI is InChI=1S/C25H29BrN2O2S/c26-23-16-14-21(15-17-23)9-8-19-27-18-5-1-2-6-20-28-31(29,30)25-13-7-11-22-10-3-4-12-24(22)25/h3-4,7-17,27-28H,1-2,5-6,18-20H2/b9-8+. The Hall–Kier alpha value is -1.99. The molecule has 3 aromatic carbocycles. The van der Waals surface area contributed by atoms with Gasteiger partial charge in [-0.25, -0.2) is 13.1 Å². The minimum atomic E-state index is -3.49. The summed E-state index contributed by atoms with van der Waals surface area (Å²) >= 11 is 3.44. The molecular weight excluding hydrogens is 472 g/mol. The van der Waals surface area contributed by atoms with Gasteiger partial charge >= 0.3 is 0 Å². The number of hydrogen-bond acceptors (Lipinski definition) is 3. The maximum atomic E-state index is 12.7. The summed E-state index contributed by atoms with van der Waals surface area (Å²) in [5.74, 6) is 0. The van der Waals surface area contributed by atoms with Crippen molar-refractivity contribution in [3.05, 3.63) is 82.8 Å². The summed E-state index contributed by atoms with van der Waals surface area (Å²) in [6.45, 7) is 2.28. The van der Waals surface area contributed by atoms with Gasteiger partial charge in [-0.3, -0.25) is 0 Å². The molecular formula is C25H29BrN2O2S. The van der Waals surface area contributed by atoms with Crippen molar-refractivity contribution in [2.45, 2.75) is 30.6 Å². The zero-order valence-corrected chi connectivity index (χ0v) is 20.0. The van der Waals surface area contributed by atoms with Crippen molar-refractivity contribution >= 4 is 42.8 Å². The van der Waals surface area contributed by atoms with Crippen molar-refractivity contribution in [3.8, 4) is 0 Å². The van der Waals surface area contributed by atoms with Gasteiger partial charge in [0, 0.05) is 22.9 Å². The highest BCUT2D eigenvalue weighted by Crippen LogP contribution is 2.22. The number of fused-ring (bicyclic) bond motifs is 1. The van der Waals surface area contributed by atoms with Crippen LogP contribution in [0.2, 0.25) is 0 Å². The van der Waals surface area contributed by atoms with Crippen LogP contribution < -0.4 is 10.0 Å². The van der Waals surface area contributed by atoms with Gasteiger partial charge in [-0.2, -0.15) is 0 Å². The van der Waals surface area contributed by atoms with Crippen LogP contribution in [0.3, 0.4) is 0 Å². The van der Waals surface area contributed by atoms with Crippen molar-refractivity contribution in [3.63, 3.8) is 0 Å². The molecule has 6 heteroatoms. The van der Waals surface area contributed by atoms with E-state index in [1.807, 2.05) is 42.5 Å². The van der Waals surface area contributed by atoms with E-state index in [1.54, 1.807) is 12.1 Å². The molecule has 0 aliphatic carbocycles. The predicted octanol–water partition coefficient (Wildman–Crippen LogP) is 5.74. The lowest BCUT2D eigenvalue weighted by Gasteiger charge is -2.09. The van der Waals surface area contributed by atoms with E-state index in [9.17, 15) is 8.42 Å². The summed E-state index contributed by atoms with van der Waals surface area (Å²) in [6.07, 6.45) is 8.26. The smallest absolute Gasteiger partial charge is 0.241 e. The molecule has 0 spiro atoms. The Morgan fingerprint density at radius 2 is 1.52 bits per heavy atom. The second kappa shape index (κ2) is 12.2. The molecule has 31 heavy (non-hydrogen) atoms. The topological polar surface area (TPSA) is 58.2 Å². The zero-order valence-electron chi connectivity index (χ0n) is 17.6. The van der Waals surface area contributed by atoms with Crippen molar-refractivity contribution in [1.29, 1.82) is 0 Å². The summed E-state index contributed by atoms with van der Waals surface area (Å²) in [6, 6.07) is 21.2. The first-order valence-corrected chi connectivity index (χ1v) is 12.9. The maximum Gasteiger partial charge on any atom is 0.241 e. The fourth-order valence-electron chi connectivity index (χ4n) is 3.40. The zero-order chi connectivity index (χ0) is 21.9. The molecule has 3 rings (SSSR count). The second-order valence-electron chi connectivity index (χ2n) is 7.45. The molecule has 4 nitrogen and oxygen atoms in total. The van der Waals surface area contributed by atoms with Gasteiger partial charge in [0.2, 0.25) is 10.0 Å². The fourth-order valence-corrected chi connectivity index (χ4v) is 4.96. The third-order valence-electron chi connectivity index (χ3n) is 5.05. The Bertz CT molecular complexity index is 1090. The van der Waals surface area contributed by atoms with E-state index >= 15 is 0 Å². The largest absolute Gasteiger partial charge is 0.313 e. The predicted molar refractivity (Wildman–Crippen MR) is 134 cm³/mol. The van der Waals surface area contributed by atoms with Crippen molar-refractivity contribution < 1.29 is 8.42 Å². The minimum absolute atomic E-state index is 0.353. The Balaban J connectivity index is 1.28. The van der Waals surface area contributed by atoms with Gasteiger partial charge in [-0.05, 0) is 48.5 Å². The van der Waals surface area contributed by atoms with Crippen LogP contribution >= 0.6 is 15.9 Å². The molecule has 0 atom stereocenters. The molecule has 164 valence electrons. The van der Waals surface area contributed by atoms with Crippen LogP contribution in [-0.2, 0) is 10.0 Å². The normalized spacial score (nSPS) is 12.0. The first-order chi connectivity index (χ1) is 15.1. The molecule has 0 radical (unpaired) electrons. The van der Waals surface area contributed by atoms with Crippen LogP contribution in [-0.4, -0.2) is 28.1 Å². The molecule has 0 amide bonds. The summed E-state index contributed by atoms with van der Waals surface area (Å²) in [7, 11) is -3.49. The lowest BCUT2D eigenvalue weighted by atomic mass is 10.1. The molecule has 0 aromatic heterocycles. The van der Waals surface area contributed by atoms with Crippen LogP contribution in [0.4, 0.5) is 0 Å². The number of halogens is 1. The molecule has 0 bridgehead atoms. The molecule has 0 unspecified atom stereocenters. The molecule has 0 heterocycles. The van der Waals surface area contributed by atoms with Crippen molar-refractivity contribution in [2.75, 3.05) is 19.6 Å². The van der Waals surface area contributed by atoms with Gasteiger partial charge in [0.25, 0.3) is 0 Å². The lowest BCUT2D eigenvalue weighted by molar-refractivity contribution is 0.568. The molecule has 0 aliphatic heterocycles. The van der Waals surface area contributed by atoms with Gasteiger partial charge in [-0.1, -0.05) is 89.5 Å². The summed E-state index contributed by atoms with van der Waals surface area (Å²) in [5, 5.41) is 5.11. The number of rotatable bonds is 12. The van der Waals surface area contributed by atoms with Gasteiger partial charge in [0.15, 0.2) is 0 Å². The highest BCUT2D eigenvalue weighted by atomic mass is 79.9. The highest BCUT2D eigenvalue weighted by molar-refractivity contribution is 9.10. The molecule has 0 fully saturated rings. The van der Waals surface area contributed by atoms with E-state index in [2.05, 4.69) is 50.3 Å². The number of nitrogens with one attached hydrogen (secondary N) is 2. The van der Waals surface area contributed by atoms with E-state index in [1.165, 1.54) is 5.56 Å². The molecule has 0 aliphatic rings. The monoisotopic (exact) mass is 500 g/mol. The van der Waals surface area contributed by atoms with Crippen molar-refractivity contribution in [2.24, 2.45) is 0 Å². The minimum Gasteiger partial charge on any atom is -0.313 e. The molecule has 0 saturated carbocycles. The van der Waals surface area contributed by atoms with Crippen molar-refractivity contribution in [1.82, 2.24) is 10.0 Å². The molecule has 0 saturated heterocycles. The van der Waals surface area contributed by atoms with Crippen LogP contribution in [0.5, 0.6) is 0 Å². The summed E-state index contributed by atoms with van der Waals surface area (Å²) < 4.78 is 29.2. The van der Waals surface area contributed by atoms with Crippen LogP contribution in [0.1, 0.15) is 31.2 Å². The quantitative estimate of drug-likeness (QED) is 0.311. The van der Waals surface area contributed by atoms with E-state index in [0.717, 1.165) is 54.0 Å². The van der Waals surface area contributed by atoms with E-state index < -0.39 is 10.0 Å². The van der Waals surface area contributed by atoms with Gasteiger partial charge in [-0.15, -0.1) is 0 Å². The lowest BCUT2D eigenvalue weighted by Crippen LogP contribution is -2.25. The second-order valence-corrected chi connectivity index (χ2v) is 10.1. The Morgan fingerprint density at radius 1 is 0.806 bits per heavy atom. The average molecular weight is 501 g/mol. The van der Waals surface area contributed by atoms with E-state index in [-0.39, 0.29) is 0 Å². The summed E-state index contributed by atoms with van der Waals surface area (Å²) in [4.78, 5) is 0.353. The third kappa shape index (κ3) is 7.58. The average Bonchev–Trinajstić information content (AvgIpc) is 2.78. The Morgan fingerprint density at radius 3 is 2.32 bits per heavy atom. The van der Waals surface area contributed by atoms with Crippen LogP contribution in [0.25, 0.3) is 16.8 Å².